The molecule has 5 amide bonds. The van der Waals surface area contributed by atoms with Gasteiger partial charge in [-0.2, -0.15) is 0 Å². The molecular formula is C41H69N5O7S. The lowest BCUT2D eigenvalue weighted by Gasteiger charge is -2.49. The number of rotatable bonds is 14. The van der Waals surface area contributed by atoms with Gasteiger partial charge < -0.3 is 31.3 Å². The summed E-state index contributed by atoms with van der Waals surface area (Å²) < 4.78 is 26.5. The molecule has 306 valence electrons. The fourth-order valence-corrected chi connectivity index (χ4v) is 11.8. The molecule has 5 aliphatic rings. The zero-order valence-corrected chi connectivity index (χ0v) is 34.9. The van der Waals surface area contributed by atoms with Crippen LogP contribution in [0.2, 0.25) is 0 Å². The first kappa shape index (κ1) is 42.5. The largest absolute Gasteiger partial charge is 0.381 e. The third kappa shape index (κ3) is 8.51. The van der Waals surface area contributed by atoms with E-state index in [0.717, 1.165) is 64.2 Å². The molecule has 0 aromatic heterocycles. The van der Waals surface area contributed by atoms with Gasteiger partial charge in [-0.25, -0.2) is 13.2 Å². The number of carbonyl (C=O) groups is 4. The summed E-state index contributed by atoms with van der Waals surface area (Å²) in [6.07, 6.45) is 9.24. The maximum Gasteiger partial charge on any atom is 0.315 e. The van der Waals surface area contributed by atoms with E-state index in [9.17, 15) is 27.9 Å². The highest BCUT2D eigenvalue weighted by Gasteiger charge is 2.70. The van der Waals surface area contributed by atoms with Crippen molar-refractivity contribution >= 4 is 33.6 Å². The van der Waals surface area contributed by atoms with Gasteiger partial charge in [-0.05, 0) is 93.3 Å². The molecule has 5 N–H and O–H groups in total. The van der Waals surface area contributed by atoms with Crippen LogP contribution in [0.5, 0.6) is 0 Å². The molecule has 0 aromatic rings. The molecule has 9 atom stereocenters. The van der Waals surface area contributed by atoms with Crippen molar-refractivity contribution in [2.75, 3.05) is 18.8 Å². The zero-order valence-electron chi connectivity index (χ0n) is 34.1. The summed E-state index contributed by atoms with van der Waals surface area (Å²) in [7, 11) is -3.63. The Morgan fingerprint density at radius 1 is 0.944 bits per heavy atom. The molecule has 5 rings (SSSR count). The second-order valence-corrected chi connectivity index (χ2v) is 22.3. The Morgan fingerprint density at radius 2 is 1.56 bits per heavy atom. The molecule has 0 radical (unpaired) electrons. The highest BCUT2D eigenvalue weighted by Crippen LogP contribution is 2.65. The van der Waals surface area contributed by atoms with Crippen LogP contribution in [0.3, 0.4) is 0 Å². The van der Waals surface area contributed by atoms with Gasteiger partial charge in [0.1, 0.15) is 12.1 Å². The molecule has 13 heteroatoms. The highest BCUT2D eigenvalue weighted by molar-refractivity contribution is 7.92. The van der Waals surface area contributed by atoms with Crippen molar-refractivity contribution in [2.24, 2.45) is 40.4 Å². The lowest BCUT2D eigenvalue weighted by atomic mass is 9.68. The quantitative estimate of drug-likeness (QED) is 0.162. The van der Waals surface area contributed by atoms with Crippen molar-refractivity contribution in [2.45, 2.75) is 161 Å². The molecule has 0 aromatic carbocycles. The Balaban J connectivity index is 1.43. The summed E-state index contributed by atoms with van der Waals surface area (Å²) in [5.41, 5.74) is -1.79. The summed E-state index contributed by atoms with van der Waals surface area (Å²) in [4.78, 5) is 58.3. The van der Waals surface area contributed by atoms with E-state index in [2.05, 4.69) is 41.7 Å². The number of nitrogens with one attached hydrogen (secondary N) is 4. The van der Waals surface area contributed by atoms with E-state index >= 15 is 4.79 Å². The minimum atomic E-state index is -3.63. The number of sulfone groups is 1. The number of hydrogen-bond donors (Lipinski definition) is 5. The Bertz CT molecular complexity index is 1540. The van der Waals surface area contributed by atoms with Crippen molar-refractivity contribution in [3.63, 3.8) is 0 Å². The van der Waals surface area contributed by atoms with Crippen LogP contribution in [0, 0.1) is 40.4 Å². The van der Waals surface area contributed by atoms with E-state index < -0.39 is 67.6 Å². The topological polar surface area (TPSA) is 174 Å². The number of amides is 5. The van der Waals surface area contributed by atoms with E-state index in [4.69, 9.17) is 0 Å². The molecule has 0 bridgehead atoms. The van der Waals surface area contributed by atoms with Gasteiger partial charge in [0.2, 0.25) is 11.8 Å². The van der Waals surface area contributed by atoms with Gasteiger partial charge in [-0.15, -0.1) is 6.58 Å². The number of aliphatic hydroxyl groups is 1. The fraction of sp³-hybridized carbons (Fsp3) is 0.854. The maximum absolute atomic E-state index is 15.1. The van der Waals surface area contributed by atoms with Crippen molar-refractivity contribution in [3.05, 3.63) is 12.7 Å². The van der Waals surface area contributed by atoms with Crippen molar-refractivity contribution in [1.29, 1.82) is 0 Å². The van der Waals surface area contributed by atoms with Gasteiger partial charge in [0, 0.05) is 13.1 Å². The molecule has 5 fully saturated rings. The van der Waals surface area contributed by atoms with Gasteiger partial charge in [0.25, 0.3) is 5.91 Å². The average Bonchev–Trinajstić information content (AvgIpc) is 3.94. The highest BCUT2D eigenvalue weighted by atomic mass is 32.2. The number of carbonyl (C=O) groups excluding carboxylic acids is 4. The lowest BCUT2D eigenvalue weighted by molar-refractivity contribution is -0.145. The molecule has 3 unspecified atom stereocenters. The number of piperidine rings is 1. The molecule has 1 heterocycles. The van der Waals surface area contributed by atoms with Crippen LogP contribution in [-0.4, -0.2) is 95.5 Å². The van der Waals surface area contributed by atoms with E-state index in [0.29, 0.717) is 18.9 Å². The van der Waals surface area contributed by atoms with E-state index in [1.165, 1.54) is 6.08 Å². The first-order valence-corrected chi connectivity index (χ1v) is 22.2. The summed E-state index contributed by atoms with van der Waals surface area (Å²) in [5.74, 6) is -1.43. The number of likely N-dealkylation sites (tertiary alicyclic amines) is 1. The second kappa shape index (κ2) is 15.7. The smallest absolute Gasteiger partial charge is 0.315 e. The van der Waals surface area contributed by atoms with Crippen molar-refractivity contribution in [3.8, 4) is 0 Å². The number of fused-ring (bicyclic) bond motifs is 1. The van der Waals surface area contributed by atoms with Crippen LogP contribution in [0.4, 0.5) is 4.79 Å². The average molecular weight is 776 g/mol. The Kier molecular flexibility index (Phi) is 12.3. The van der Waals surface area contributed by atoms with Crippen LogP contribution in [0.1, 0.15) is 126 Å². The van der Waals surface area contributed by atoms with Crippen LogP contribution < -0.4 is 21.3 Å². The summed E-state index contributed by atoms with van der Waals surface area (Å²) >= 11 is 0. The molecule has 1 saturated heterocycles. The third-order valence-electron chi connectivity index (χ3n) is 14.4. The fourth-order valence-electron chi connectivity index (χ4n) is 10.1. The first-order chi connectivity index (χ1) is 25.1. The normalized spacial score (nSPS) is 31.9. The summed E-state index contributed by atoms with van der Waals surface area (Å²) in [6.45, 7) is 19.5. The van der Waals surface area contributed by atoms with E-state index in [1.54, 1.807) is 25.7 Å². The second-order valence-electron chi connectivity index (χ2n) is 19.6. The zero-order chi connectivity index (χ0) is 40.0. The van der Waals surface area contributed by atoms with Gasteiger partial charge in [-0.3, -0.25) is 14.4 Å². The molecule has 0 spiro atoms. The molecule has 4 aliphatic carbocycles. The molecule has 54 heavy (non-hydrogen) atoms. The minimum absolute atomic E-state index is 0.0864. The number of aliphatic hydroxyl groups excluding tert-OH is 1. The standard InChI is InChI=1S/C41H69N5O7S/c1-10-21-42-35(49)32(47)29(22-27-17-18-27)43-34(48)31-30-28(39(30,7)8)23-46(31)36(50)33(40(9)19-12-11-13-20-40)44-37(51)45-41(24-54(52,53)38(4,5)6)25(2)15-14-16-26(41)3/h10,25-33,47H,1,11-24H2,2-9H3,(H,42,49)(H,43,48)(H2,44,45,51)/t25-,26+,28-,29?,30-,31-,32?,33+,41?/m0/s1. The monoisotopic (exact) mass is 775 g/mol. The van der Waals surface area contributed by atoms with E-state index in [-0.39, 0.29) is 47.3 Å². The molecule has 4 saturated carbocycles. The molecule has 1 aliphatic heterocycles. The number of hydrogen-bond acceptors (Lipinski definition) is 7. The first-order valence-electron chi connectivity index (χ1n) is 20.6. The summed E-state index contributed by atoms with van der Waals surface area (Å²) in [6, 6.07) is -3.16. The minimum Gasteiger partial charge on any atom is -0.381 e. The number of nitrogens with zero attached hydrogens (tertiary/aromatic N) is 1. The third-order valence-corrected chi connectivity index (χ3v) is 17.1. The van der Waals surface area contributed by atoms with Gasteiger partial charge >= 0.3 is 6.03 Å². The van der Waals surface area contributed by atoms with Crippen molar-refractivity contribution < 1.29 is 32.7 Å². The van der Waals surface area contributed by atoms with Gasteiger partial charge in [-0.1, -0.05) is 79.2 Å². The molecule has 12 nitrogen and oxygen atoms in total. The van der Waals surface area contributed by atoms with Crippen LogP contribution in [0.25, 0.3) is 0 Å². The summed E-state index contributed by atoms with van der Waals surface area (Å²) in [5, 5.41) is 23.0. The predicted molar refractivity (Wildman–Crippen MR) is 210 cm³/mol. The number of urea groups is 1. The lowest BCUT2D eigenvalue weighted by Crippen LogP contribution is -2.68. The van der Waals surface area contributed by atoms with Gasteiger partial charge in [0.15, 0.2) is 15.9 Å². The van der Waals surface area contributed by atoms with Crippen molar-refractivity contribution in [1.82, 2.24) is 26.2 Å². The Morgan fingerprint density at radius 3 is 2.11 bits per heavy atom. The predicted octanol–water partition coefficient (Wildman–Crippen LogP) is 4.46. The maximum atomic E-state index is 15.1. The SMILES string of the molecule is C=CCNC(=O)C(O)C(CC1CC1)NC(=O)[C@@H]1[C@@H]2[C@H](CN1C(=O)[C@@H](NC(=O)NC1(CS(=O)(=O)C(C)(C)C)[C@H](C)CCC[C@@H]1C)C1(C)CCCCC1)C2(C)C. The Hall–Kier alpha value is -2.67. The van der Waals surface area contributed by atoms with Crippen LogP contribution >= 0.6 is 0 Å². The molecular weight excluding hydrogens is 707 g/mol. The van der Waals surface area contributed by atoms with E-state index in [1.807, 2.05) is 20.8 Å². The Labute approximate surface area is 324 Å². The van der Waals surface area contributed by atoms with Crippen LogP contribution in [-0.2, 0) is 24.2 Å². The van der Waals surface area contributed by atoms with Crippen LogP contribution in [0.15, 0.2) is 12.7 Å². The van der Waals surface area contributed by atoms with Gasteiger partial charge in [0.05, 0.1) is 22.1 Å².